The second kappa shape index (κ2) is 7.39. The molecule has 0 spiro atoms. The Kier molecular flexibility index (Phi) is 5.00. The number of aromatic nitrogens is 3. The highest BCUT2D eigenvalue weighted by Crippen LogP contribution is 2.28. The van der Waals surface area contributed by atoms with Gasteiger partial charge in [-0.2, -0.15) is 4.52 Å². The molecule has 7 nitrogen and oxygen atoms in total. The van der Waals surface area contributed by atoms with Gasteiger partial charge in [0, 0.05) is 37.9 Å². The lowest BCUT2D eigenvalue weighted by Gasteiger charge is -2.33. The van der Waals surface area contributed by atoms with E-state index in [-0.39, 0.29) is 5.56 Å². The third kappa shape index (κ3) is 3.86. The van der Waals surface area contributed by atoms with Crippen molar-refractivity contribution in [1.29, 1.82) is 0 Å². The van der Waals surface area contributed by atoms with E-state index in [4.69, 9.17) is 4.74 Å². The van der Waals surface area contributed by atoms with E-state index in [1.807, 2.05) is 6.92 Å². The molecule has 2 saturated heterocycles. The van der Waals surface area contributed by atoms with Crippen molar-refractivity contribution in [2.45, 2.75) is 26.2 Å². The molecule has 2 aromatic heterocycles. The molecule has 2 aliphatic rings. The number of rotatable bonds is 4. The Morgan fingerprint density at radius 3 is 2.76 bits per heavy atom. The number of fused-ring (bicyclic) bond motifs is 1. The molecular weight excluding hydrogens is 338 g/mol. The zero-order valence-electron chi connectivity index (χ0n) is 14.7. The van der Waals surface area contributed by atoms with E-state index in [9.17, 15) is 4.79 Å². The number of morpholine rings is 1. The summed E-state index contributed by atoms with van der Waals surface area (Å²) < 4.78 is 6.84. The summed E-state index contributed by atoms with van der Waals surface area (Å²) in [5, 5.41) is 5.40. The van der Waals surface area contributed by atoms with Gasteiger partial charge in [0.2, 0.25) is 10.1 Å². The van der Waals surface area contributed by atoms with Crippen LogP contribution in [0, 0.1) is 12.8 Å². The molecule has 8 heteroatoms. The third-order valence-electron chi connectivity index (χ3n) is 5.20. The molecule has 0 aromatic carbocycles. The molecule has 4 heterocycles. The van der Waals surface area contributed by atoms with Crippen molar-refractivity contribution in [3.8, 4) is 0 Å². The molecule has 0 bridgehead atoms. The molecule has 25 heavy (non-hydrogen) atoms. The lowest BCUT2D eigenvalue weighted by molar-refractivity contribution is 0.0349. The molecule has 2 fully saturated rings. The van der Waals surface area contributed by atoms with Gasteiger partial charge in [-0.05, 0) is 38.6 Å². The summed E-state index contributed by atoms with van der Waals surface area (Å²) in [6.45, 7) is 8.97. The Morgan fingerprint density at radius 1 is 1.24 bits per heavy atom. The van der Waals surface area contributed by atoms with Gasteiger partial charge in [-0.1, -0.05) is 11.3 Å². The average Bonchev–Trinajstić information content (AvgIpc) is 3.06. The molecule has 0 aliphatic carbocycles. The van der Waals surface area contributed by atoms with Gasteiger partial charge in [0.1, 0.15) is 0 Å². The fraction of sp³-hybridized carbons (Fsp3) is 0.706. The van der Waals surface area contributed by atoms with Crippen LogP contribution in [0.15, 0.2) is 10.9 Å². The zero-order chi connectivity index (χ0) is 17.2. The number of anilines is 1. The summed E-state index contributed by atoms with van der Waals surface area (Å²) in [5.41, 5.74) is 0.660. The van der Waals surface area contributed by atoms with Crippen molar-refractivity contribution in [3.63, 3.8) is 0 Å². The van der Waals surface area contributed by atoms with Crippen LogP contribution in [0.25, 0.3) is 4.96 Å². The minimum absolute atomic E-state index is 0.0922. The second-order valence-electron chi connectivity index (χ2n) is 6.99. The smallest absolute Gasteiger partial charge is 0.275 e. The predicted octanol–water partition coefficient (Wildman–Crippen LogP) is 1.40. The minimum Gasteiger partial charge on any atom is -0.379 e. The van der Waals surface area contributed by atoms with Crippen molar-refractivity contribution in [1.82, 2.24) is 19.5 Å². The van der Waals surface area contributed by atoms with Gasteiger partial charge >= 0.3 is 0 Å². The van der Waals surface area contributed by atoms with E-state index in [0.717, 1.165) is 56.1 Å². The summed E-state index contributed by atoms with van der Waals surface area (Å²) in [5.74, 6) is 0.788. The maximum atomic E-state index is 12.0. The Balaban J connectivity index is 1.34. The molecule has 0 atom stereocenters. The van der Waals surface area contributed by atoms with E-state index in [0.29, 0.717) is 4.96 Å². The van der Waals surface area contributed by atoms with Gasteiger partial charge in [0.25, 0.3) is 5.56 Å². The Bertz CT molecular complexity index is 775. The first-order valence-electron chi connectivity index (χ1n) is 9.11. The highest BCUT2D eigenvalue weighted by molar-refractivity contribution is 7.20. The summed E-state index contributed by atoms with van der Waals surface area (Å²) in [6.07, 6.45) is 3.66. The molecule has 2 aromatic rings. The highest BCUT2D eigenvalue weighted by atomic mass is 32.1. The fourth-order valence-corrected chi connectivity index (χ4v) is 4.65. The number of aryl methyl sites for hydroxylation is 1. The largest absolute Gasteiger partial charge is 0.379 e. The maximum Gasteiger partial charge on any atom is 0.275 e. The van der Waals surface area contributed by atoms with Crippen LogP contribution < -0.4 is 10.5 Å². The normalized spacial score (nSPS) is 20.4. The van der Waals surface area contributed by atoms with E-state index < -0.39 is 0 Å². The molecule has 2 aliphatic heterocycles. The van der Waals surface area contributed by atoms with E-state index >= 15 is 0 Å². The van der Waals surface area contributed by atoms with E-state index in [1.165, 1.54) is 47.7 Å². The van der Waals surface area contributed by atoms with E-state index in [1.54, 1.807) is 0 Å². The second-order valence-corrected chi connectivity index (χ2v) is 7.92. The Morgan fingerprint density at radius 2 is 2.00 bits per heavy atom. The van der Waals surface area contributed by atoms with Crippen molar-refractivity contribution < 1.29 is 4.74 Å². The molecule has 0 saturated carbocycles. The first kappa shape index (κ1) is 16.9. The Hall–Kier alpha value is -1.51. The first-order chi connectivity index (χ1) is 12.2. The van der Waals surface area contributed by atoms with Gasteiger partial charge in [0.15, 0.2) is 0 Å². The van der Waals surface area contributed by atoms with Crippen LogP contribution in [0.3, 0.4) is 0 Å². The van der Waals surface area contributed by atoms with Crippen LogP contribution in [0.2, 0.25) is 0 Å². The average molecular weight is 363 g/mol. The lowest BCUT2D eigenvalue weighted by atomic mass is 9.93. The highest BCUT2D eigenvalue weighted by Gasteiger charge is 2.23. The van der Waals surface area contributed by atoms with Gasteiger partial charge in [-0.25, -0.2) is 4.98 Å². The van der Waals surface area contributed by atoms with Crippen LogP contribution in [-0.4, -0.2) is 65.4 Å². The monoisotopic (exact) mass is 363 g/mol. The van der Waals surface area contributed by atoms with Crippen LogP contribution in [-0.2, 0) is 4.74 Å². The molecule has 0 radical (unpaired) electrons. The molecule has 136 valence electrons. The zero-order valence-corrected chi connectivity index (χ0v) is 15.5. The maximum absolute atomic E-state index is 12.0. The molecule has 0 N–H and O–H groups in total. The van der Waals surface area contributed by atoms with Crippen LogP contribution >= 0.6 is 11.3 Å². The number of hydrogen-bond donors (Lipinski definition) is 0. The summed E-state index contributed by atoms with van der Waals surface area (Å²) in [4.78, 5) is 22.0. The van der Waals surface area contributed by atoms with Crippen molar-refractivity contribution in [2.75, 3.05) is 50.8 Å². The predicted molar refractivity (Wildman–Crippen MR) is 98.7 cm³/mol. The quantitative estimate of drug-likeness (QED) is 0.818. The van der Waals surface area contributed by atoms with Crippen LogP contribution in [0.5, 0.6) is 0 Å². The third-order valence-corrected chi connectivity index (χ3v) is 6.17. The van der Waals surface area contributed by atoms with Crippen LogP contribution in [0.4, 0.5) is 5.13 Å². The Labute approximate surface area is 151 Å². The molecule has 0 unspecified atom stereocenters. The molecular formula is C17H25N5O2S. The van der Waals surface area contributed by atoms with Crippen LogP contribution in [0.1, 0.15) is 25.0 Å². The van der Waals surface area contributed by atoms with Gasteiger partial charge in [0.05, 0.1) is 13.2 Å². The number of piperidine rings is 1. The number of ether oxygens (including phenoxy) is 1. The summed E-state index contributed by atoms with van der Waals surface area (Å²) >= 11 is 1.51. The molecule has 4 rings (SSSR count). The summed E-state index contributed by atoms with van der Waals surface area (Å²) in [6, 6.07) is 1.54. The van der Waals surface area contributed by atoms with Crippen molar-refractivity contribution in [3.05, 3.63) is 22.1 Å². The standard InChI is InChI=1S/C17H25N5O2S/c1-13-12-15(23)22-16(18-13)25-17(19-22)21-6-3-14(4-7-21)2-5-20-8-10-24-11-9-20/h12,14H,2-11H2,1H3. The van der Waals surface area contributed by atoms with Gasteiger partial charge in [-0.15, -0.1) is 5.10 Å². The lowest BCUT2D eigenvalue weighted by Crippen LogP contribution is -2.39. The van der Waals surface area contributed by atoms with Crippen molar-refractivity contribution >= 4 is 21.4 Å². The van der Waals surface area contributed by atoms with Gasteiger partial charge in [-0.3, -0.25) is 9.69 Å². The number of nitrogens with zero attached hydrogens (tertiary/aromatic N) is 5. The minimum atomic E-state index is -0.0922. The number of hydrogen-bond acceptors (Lipinski definition) is 7. The SMILES string of the molecule is Cc1cc(=O)n2nc(N3CCC(CCN4CCOCC4)CC3)sc2n1. The topological polar surface area (TPSA) is 63.0 Å². The molecule has 0 amide bonds. The van der Waals surface area contributed by atoms with E-state index in [2.05, 4.69) is 19.9 Å². The van der Waals surface area contributed by atoms with Gasteiger partial charge < -0.3 is 9.64 Å². The fourth-order valence-electron chi connectivity index (χ4n) is 3.64. The first-order valence-corrected chi connectivity index (χ1v) is 9.93. The summed E-state index contributed by atoms with van der Waals surface area (Å²) in [7, 11) is 0. The van der Waals surface area contributed by atoms with Crippen molar-refractivity contribution in [2.24, 2.45) is 5.92 Å².